The Morgan fingerprint density at radius 2 is 1.72 bits per heavy atom. The lowest BCUT2D eigenvalue weighted by atomic mass is 10.1. The molecule has 3 aromatic rings. The summed E-state index contributed by atoms with van der Waals surface area (Å²) in [6.45, 7) is 2.00. The average Bonchev–Trinajstić information content (AvgIpc) is 3.14. The highest BCUT2D eigenvalue weighted by molar-refractivity contribution is 7.99. The highest BCUT2D eigenvalue weighted by atomic mass is 32.2. The topological polar surface area (TPSA) is 113 Å². The first-order valence-corrected chi connectivity index (χ1v) is 9.91. The monoisotopic (exact) mass is 412 g/mol. The normalized spacial score (nSPS) is 10.5. The van der Waals surface area contributed by atoms with Crippen molar-refractivity contribution >= 4 is 40.6 Å². The van der Waals surface area contributed by atoms with Crippen molar-refractivity contribution in [3.63, 3.8) is 0 Å². The Kier molecular flexibility index (Phi) is 6.85. The summed E-state index contributed by atoms with van der Waals surface area (Å²) in [4.78, 5) is 40.0. The van der Waals surface area contributed by atoms with Gasteiger partial charge in [-0.3, -0.25) is 25.2 Å². The van der Waals surface area contributed by atoms with Crippen LogP contribution in [-0.4, -0.2) is 35.0 Å². The Balaban J connectivity index is 1.34. The molecule has 29 heavy (non-hydrogen) atoms. The molecule has 2 aromatic carbocycles. The molecule has 0 saturated carbocycles. The van der Waals surface area contributed by atoms with Gasteiger partial charge in [-0.25, -0.2) is 4.98 Å². The van der Waals surface area contributed by atoms with Gasteiger partial charge in [-0.2, -0.15) is 0 Å². The smallest absolute Gasteiger partial charge is 0.257 e. The van der Waals surface area contributed by atoms with Crippen LogP contribution in [0.5, 0.6) is 0 Å². The van der Waals surface area contributed by atoms with E-state index >= 15 is 0 Å². The van der Waals surface area contributed by atoms with Crippen molar-refractivity contribution in [2.45, 2.75) is 18.6 Å². The molecular weight excluding hydrogens is 392 g/mol. The van der Waals surface area contributed by atoms with Crippen LogP contribution in [0.2, 0.25) is 0 Å². The number of aromatic nitrogens is 1. The Bertz CT molecular complexity index is 1000. The summed E-state index contributed by atoms with van der Waals surface area (Å²) in [5.41, 5.74) is 7.43. The van der Waals surface area contributed by atoms with Gasteiger partial charge in [0.05, 0.1) is 5.75 Å². The quantitative estimate of drug-likeness (QED) is 0.405. The first-order valence-electron chi connectivity index (χ1n) is 8.93. The molecule has 3 N–H and O–H groups in total. The second-order valence-corrected chi connectivity index (χ2v) is 7.08. The van der Waals surface area contributed by atoms with Crippen molar-refractivity contribution in [1.29, 1.82) is 0 Å². The number of fused-ring (bicyclic) bond motifs is 1. The number of nitrogens with zero attached hydrogens (tertiary/aromatic N) is 1. The molecule has 0 aliphatic carbocycles. The Hall–Kier alpha value is -3.33. The minimum absolute atomic E-state index is 0.0379. The minimum atomic E-state index is -0.407. The first kappa shape index (κ1) is 20.4. The average molecular weight is 412 g/mol. The summed E-state index contributed by atoms with van der Waals surface area (Å²) in [5, 5.41) is 3.06. The number of aryl methyl sites for hydroxylation is 1. The van der Waals surface area contributed by atoms with Gasteiger partial charge in [0.15, 0.2) is 5.58 Å². The van der Waals surface area contributed by atoms with Crippen molar-refractivity contribution in [3.8, 4) is 0 Å². The van der Waals surface area contributed by atoms with Crippen LogP contribution in [0.25, 0.3) is 11.1 Å². The van der Waals surface area contributed by atoms with Gasteiger partial charge in [0.25, 0.3) is 11.1 Å². The highest BCUT2D eigenvalue weighted by Crippen LogP contribution is 2.22. The number of nitrogens with one attached hydrogen (secondary N) is 3. The van der Waals surface area contributed by atoms with E-state index in [9.17, 15) is 14.4 Å². The Labute approximate surface area is 171 Å². The van der Waals surface area contributed by atoms with Gasteiger partial charge in [-0.15, -0.1) is 0 Å². The molecule has 1 aromatic heterocycles. The zero-order chi connectivity index (χ0) is 20.6. The summed E-state index contributed by atoms with van der Waals surface area (Å²) in [5.74, 6) is -1.00. The van der Waals surface area contributed by atoms with Crippen LogP contribution in [0.4, 0.5) is 0 Å². The zero-order valence-electron chi connectivity index (χ0n) is 15.7. The third kappa shape index (κ3) is 5.82. The van der Waals surface area contributed by atoms with Gasteiger partial charge < -0.3 is 9.73 Å². The van der Waals surface area contributed by atoms with E-state index in [1.807, 2.05) is 37.3 Å². The van der Waals surface area contributed by atoms with Crippen molar-refractivity contribution < 1.29 is 18.8 Å². The number of oxazole rings is 1. The van der Waals surface area contributed by atoms with Crippen LogP contribution >= 0.6 is 11.8 Å². The Morgan fingerprint density at radius 3 is 2.52 bits per heavy atom. The van der Waals surface area contributed by atoms with E-state index in [1.165, 1.54) is 0 Å². The van der Waals surface area contributed by atoms with E-state index in [4.69, 9.17) is 4.42 Å². The maximum absolute atomic E-state index is 12.1. The molecule has 8 nitrogen and oxygen atoms in total. The van der Waals surface area contributed by atoms with Crippen LogP contribution in [0, 0.1) is 6.92 Å². The fourth-order valence-electron chi connectivity index (χ4n) is 2.49. The molecule has 0 bridgehead atoms. The molecule has 0 fully saturated rings. The minimum Gasteiger partial charge on any atom is -0.431 e. The fraction of sp³-hybridized carbons (Fsp3) is 0.200. The maximum atomic E-state index is 12.1. The molecular formula is C20H20N4O4S. The summed E-state index contributed by atoms with van der Waals surface area (Å²) in [7, 11) is 0. The fourth-order valence-corrected chi connectivity index (χ4v) is 3.13. The molecule has 0 atom stereocenters. The van der Waals surface area contributed by atoms with Crippen molar-refractivity contribution in [1.82, 2.24) is 21.2 Å². The lowest BCUT2D eigenvalue weighted by Crippen LogP contribution is -2.43. The molecule has 0 aliphatic heterocycles. The molecule has 9 heteroatoms. The predicted molar refractivity (Wildman–Crippen MR) is 109 cm³/mol. The summed E-state index contributed by atoms with van der Waals surface area (Å²) in [6, 6.07) is 14.5. The number of hydrogen-bond donors (Lipinski definition) is 3. The Morgan fingerprint density at radius 1 is 1.00 bits per heavy atom. The van der Waals surface area contributed by atoms with Crippen LogP contribution in [0.3, 0.4) is 0 Å². The number of hydrogen-bond acceptors (Lipinski definition) is 6. The number of rotatable bonds is 7. The summed E-state index contributed by atoms with van der Waals surface area (Å²) in [6.07, 6.45) is 0.0379. The van der Waals surface area contributed by atoms with Gasteiger partial charge >= 0.3 is 0 Å². The second kappa shape index (κ2) is 9.74. The maximum Gasteiger partial charge on any atom is 0.257 e. The molecule has 0 saturated heterocycles. The van der Waals surface area contributed by atoms with E-state index in [2.05, 4.69) is 21.2 Å². The van der Waals surface area contributed by atoms with E-state index < -0.39 is 11.8 Å². The number of benzene rings is 2. The van der Waals surface area contributed by atoms with E-state index in [0.29, 0.717) is 16.4 Å². The largest absolute Gasteiger partial charge is 0.431 e. The number of carbonyl (C=O) groups excluding carboxylic acids is 3. The molecule has 0 spiro atoms. The number of para-hydroxylation sites is 2. The predicted octanol–water partition coefficient (Wildman–Crippen LogP) is 2.20. The molecule has 0 radical (unpaired) electrons. The third-order valence-electron chi connectivity index (χ3n) is 3.97. The van der Waals surface area contributed by atoms with Crippen molar-refractivity contribution in [3.05, 3.63) is 59.7 Å². The van der Waals surface area contributed by atoms with Crippen molar-refractivity contribution in [2.75, 3.05) is 12.3 Å². The molecule has 150 valence electrons. The van der Waals surface area contributed by atoms with Crippen LogP contribution < -0.4 is 16.2 Å². The summed E-state index contributed by atoms with van der Waals surface area (Å²) >= 11 is 1.13. The third-order valence-corrected chi connectivity index (χ3v) is 4.80. The lowest BCUT2D eigenvalue weighted by molar-refractivity contribution is -0.127. The molecule has 1 heterocycles. The molecule has 3 amide bonds. The highest BCUT2D eigenvalue weighted by Gasteiger charge is 2.11. The van der Waals surface area contributed by atoms with Gasteiger partial charge in [0, 0.05) is 18.5 Å². The van der Waals surface area contributed by atoms with Crippen LogP contribution in [0.15, 0.2) is 58.2 Å². The molecule has 0 unspecified atom stereocenters. The molecule has 3 rings (SSSR count). The van der Waals surface area contributed by atoms with Crippen LogP contribution in [0.1, 0.15) is 22.3 Å². The van der Waals surface area contributed by atoms with Gasteiger partial charge in [0.1, 0.15) is 5.52 Å². The number of hydrazine groups is 1. The number of thioether (sulfide) groups is 1. The summed E-state index contributed by atoms with van der Waals surface area (Å²) < 4.78 is 5.51. The van der Waals surface area contributed by atoms with Gasteiger partial charge in [0.2, 0.25) is 11.8 Å². The van der Waals surface area contributed by atoms with E-state index in [0.717, 1.165) is 22.8 Å². The van der Waals surface area contributed by atoms with Gasteiger partial charge in [-0.05, 0) is 30.7 Å². The number of amides is 3. The second-order valence-electron chi connectivity index (χ2n) is 6.15. The zero-order valence-corrected chi connectivity index (χ0v) is 16.5. The SMILES string of the molecule is Cc1ccccc1C(=O)NCCC(=O)NNC(=O)CSc1nc2ccccc2o1. The van der Waals surface area contributed by atoms with E-state index in [1.54, 1.807) is 18.2 Å². The van der Waals surface area contributed by atoms with Crippen LogP contribution in [-0.2, 0) is 9.59 Å². The van der Waals surface area contributed by atoms with Crippen molar-refractivity contribution in [2.24, 2.45) is 0 Å². The lowest BCUT2D eigenvalue weighted by Gasteiger charge is -2.09. The number of carbonyl (C=O) groups is 3. The standard InChI is InChI=1S/C20H20N4O4S/c1-13-6-2-3-7-14(13)19(27)21-11-10-17(25)23-24-18(26)12-29-20-22-15-8-4-5-9-16(15)28-20/h2-9H,10-12H2,1H3,(H,21,27)(H,23,25)(H,24,26). The van der Waals surface area contributed by atoms with Gasteiger partial charge in [-0.1, -0.05) is 42.1 Å². The molecule has 0 aliphatic rings. The van der Waals surface area contributed by atoms with E-state index in [-0.39, 0.29) is 24.6 Å². The first-order chi connectivity index (χ1) is 14.0.